The third-order valence-electron chi connectivity index (χ3n) is 4.13. The molecule has 1 heterocycles. The normalized spacial score (nSPS) is 27.4. The van der Waals surface area contributed by atoms with Crippen LogP contribution < -0.4 is 11.1 Å². The molecule has 0 spiro atoms. The molecule has 1 aliphatic rings. The Hall–Kier alpha value is -0.560. The zero-order chi connectivity index (χ0) is 13.4. The molecule has 104 valence electrons. The third-order valence-corrected chi connectivity index (χ3v) is 4.13. The molecule has 0 saturated carbocycles. The second kappa shape index (κ2) is 7.78. The number of nitrogens with zero attached hydrogens (tertiary/aromatic N) is 1. The lowest BCUT2D eigenvalue weighted by Gasteiger charge is -2.35. The molecule has 0 radical (unpaired) electrons. The summed E-state index contributed by atoms with van der Waals surface area (Å²) >= 11 is 0. The summed E-state index contributed by atoms with van der Waals surface area (Å²) in [6.07, 6.45) is 11.2. The molecular weight excluding hydrogens is 222 g/mol. The number of hydrogen-bond acceptors (Lipinski definition) is 3. The fraction of sp³-hybridized carbons (Fsp3) is 0.867. The Morgan fingerprint density at radius 1 is 1.39 bits per heavy atom. The molecule has 0 amide bonds. The van der Waals surface area contributed by atoms with Crippen LogP contribution in [0.15, 0.2) is 0 Å². The van der Waals surface area contributed by atoms with E-state index in [4.69, 9.17) is 12.2 Å². The molecule has 1 saturated heterocycles. The maximum atomic E-state index is 6.04. The van der Waals surface area contributed by atoms with Gasteiger partial charge in [0.05, 0.1) is 6.04 Å². The van der Waals surface area contributed by atoms with Crippen molar-refractivity contribution in [3.05, 3.63) is 0 Å². The van der Waals surface area contributed by atoms with Gasteiger partial charge >= 0.3 is 0 Å². The number of likely N-dealkylation sites (tertiary alicyclic amines) is 1. The van der Waals surface area contributed by atoms with Crippen molar-refractivity contribution in [1.29, 1.82) is 0 Å². The quantitative estimate of drug-likeness (QED) is 0.704. The van der Waals surface area contributed by atoms with Crippen molar-refractivity contribution in [1.82, 2.24) is 10.2 Å². The first kappa shape index (κ1) is 15.5. The first-order valence-electron chi connectivity index (χ1n) is 7.36. The molecule has 3 N–H and O–H groups in total. The van der Waals surface area contributed by atoms with Gasteiger partial charge in [0, 0.05) is 12.1 Å². The van der Waals surface area contributed by atoms with E-state index in [-0.39, 0.29) is 11.6 Å². The molecule has 0 aromatic rings. The number of nitrogens with one attached hydrogen (secondary N) is 1. The van der Waals surface area contributed by atoms with Gasteiger partial charge < -0.3 is 10.6 Å². The minimum atomic E-state index is 0.0517. The number of hydrogen-bond donors (Lipinski definition) is 2. The summed E-state index contributed by atoms with van der Waals surface area (Å²) in [5, 5.41) is 3.67. The highest BCUT2D eigenvalue weighted by molar-refractivity contribution is 5.04. The van der Waals surface area contributed by atoms with Crippen LogP contribution in [0.5, 0.6) is 0 Å². The van der Waals surface area contributed by atoms with Crippen LogP contribution in [-0.2, 0) is 0 Å². The molecule has 1 aliphatic heterocycles. The molecule has 2 atom stereocenters. The van der Waals surface area contributed by atoms with Crippen molar-refractivity contribution >= 4 is 0 Å². The van der Waals surface area contributed by atoms with Gasteiger partial charge in [-0.25, -0.2) is 0 Å². The summed E-state index contributed by atoms with van der Waals surface area (Å²) in [6, 6.07) is 0.173. The first-order chi connectivity index (χ1) is 8.69. The van der Waals surface area contributed by atoms with Crippen molar-refractivity contribution in [3.63, 3.8) is 0 Å². The number of rotatable bonds is 6. The fourth-order valence-corrected chi connectivity index (χ4v) is 2.83. The molecule has 0 aromatic carbocycles. The largest absolute Gasteiger partial charge is 0.329 e. The van der Waals surface area contributed by atoms with Crippen molar-refractivity contribution in [2.75, 3.05) is 26.2 Å². The molecule has 0 aromatic heterocycles. The number of nitrogens with two attached hydrogens (primary N) is 1. The van der Waals surface area contributed by atoms with E-state index in [0.717, 1.165) is 38.8 Å². The van der Waals surface area contributed by atoms with Crippen molar-refractivity contribution in [2.24, 2.45) is 5.73 Å². The molecule has 3 nitrogen and oxygen atoms in total. The van der Waals surface area contributed by atoms with E-state index in [0.29, 0.717) is 6.54 Å². The monoisotopic (exact) mass is 251 g/mol. The van der Waals surface area contributed by atoms with Crippen LogP contribution in [0.2, 0.25) is 0 Å². The molecular formula is C15H29N3. The van der Waals surface area contributed by atoms with Crippen LogP contribution in [-0.4, -0.2) is 42.7 Å². The summed E-state index contributed by atoms with van der Waals surface area (Å²) in [5.74, 6) is 2.87. The van der Waals surface area contributed by atoms with Gasteiger partial charge in [-0.3, -0.25) is 5.32 Å². The second-order valence-electron chi connectivity index (χ2n) is 5.42. The van der Waals surface area contributed by atoms with Crippen molar-refractivity contribution < 1.29 is 0 Å². The van der Waals surface area contributed by atoms with E-state index < -0.39 is 0 Å². The van der Waals surface area contributed by atoms with Gasteiger partial charge in [-0.15, -0.1) is 6.42 Å². The minimum absolute atomic E-state index is 0.0517. The minimum Gasteiger partial charge on any atom is -0.329 e. The fourth-order valence-electron chi connectivity index (χ4n) is 2.83. The summed E-state index contributed by atoms with van der Waals surface area (Å²) in [4.78, 5) is 2.50. The maximum absolute atomic E-state index is 6.04. The zero-order valence-corrected chi connectivity index (χ0v) is 12.0. The number of terminal acetylenes is 1. The standard InChI is InChI=1S/C15H29N3/c1-4-8-14(5-2)17-15(13-16)9-7-11-18(6-3)12-10-15/h2,14,17H,4,6-13,16H2,1,3H3. The Morgan fingerprint density at radius 3 is 2.72 bits per heavy atom. The lowest BCUT2D eigenvalue weighted by molar-refractivity contribution is 0.255. The molecule has 18 heavy (non-hydrogen) atoms. The average molecular weight is 251 g/mol. The van der Waals surface area contributed by atoms with Crippen LogP contribution in [0.25, 0.3) is 0 Å². The highest BCUT2D eigenvalue weighted by atomic mass is 15.1. The van der Waals surface area contributed by atoms with Crippen LogP contribution >= 0.6 is 0 Å². The predicted octanol–water partition coefficient (Wildman–Crippen LogP) is 1.58. The summed E-state index contributed by atoms with van der Waals surface area (Å²) in [6.45, 7) is 8.54. The van der Waals surface area contributed by atoms with Crippen LogP contribution in [0, 0.1) is 12.3 Å². The summed E-state index contributed by atoms with van der Waals surface area (Å²) in [7, 11) is 0. The molecule has 0 aliphatic carbocycles. The third kappa shape index (κ3) is 4.28. The van der Waals surface area contributed by atoms with E-state index in [1.165, 1.54) is 13.0 Å². The predicted molar refractivity (Wildman–Crippen MR) is 78.4 cm³/mol. The molecule has 0 bridgehead atoms. The second-order valence-corrected chi connectivity index (χ2v) is 5.42. The topological polar surface area (TPSA) is 41.3 Å². The van der Waals surface area contributed by atoms with Crippen LogP contribution in [0.4, 0.5) is 0 Å². The maximum Gasteiger partial charge on any atom is 0.0691 e. The van der Waals surface area contributed by atoms with E-state index in [1.54, 1.807) is 0 Å². The zero-order valence-electron chi connectivity index (χ0n) is 12.0. The van der Waals surface area contributed by atoms with Crippen molar-refractivity contribution in [2.45, 2.75) is 57.5 Å². The van der Waals surface area contributed by atoms with E-state index in [1.807, 2.05) is 0 Å². The highest BCUT2D eigenvalue weighted by Gasteiger charge is 2.32. The van der Waals surface area contributed by atoms with E-state index in [2.05, 4.69) is 30.0 Å². The average Bonchev–Trinajstić information content (AvgIpc) is 2.61. The summed E-state index contributed by atoms with van der Waals surface area (Å²) < 4.78 is 0. The SMILES string of the molecule is C#CC(CCC)NC1(CN)CCCN(CC)CC1. The molecule has 2 unspecified atom stereocenters. The smallest absolute Gasteiger partial charge is 0.0691 e. The van der Waals surface area contributed by atoms with E-state index in [9.17, 15) is 0 Å². The highest BCUT2D eigenvalue weighted by Crippen LogP contribution is 2.22. The Balaban J connectivity index is 2.64. The van der Waals surface area contributed by atoms with Gasteiger partial charge in [0.25, 0.3) is 0 Å². The van der Waals surface area contributed by atoms with Gasteiger partial charge in [-0.1, -0.05) is 26.2 Å². The first-order valence-corrected chi connectivity index (χ1v) is 7.36. The van der Waals surface area contributed by atoms with Crippen LogP contribution in [0.1, 0.15) is 46.0 Å². The molecule has 1 fully saturated rings. The van der Waals surface area contributed by atoms with E-state index >= 15 is 0 Å². The van der Waals surface area contributed by atoms with Gasteiger partial charge in [0.1, 0.15) is 0 Å². The Bertz CT molecular complexity index is 271. The lowest BCUT2D eigenvalue weighted by atomic mass is 9.89. The molecule has 1 rings (SSSR count). The lowest BCUT2D eigenvalue weighted by Crippen LogP contribution is -2.55. The van der Waals surface area contributed by atoms with Gasteiger partial charge in [0.2, 0.25) is 0 Å². The Labute approximate surface area is 112 Å². The van der Waals surface area contributed by atoms with Gasteiger partial charge in [-0.2, -0.15) is 0 Å². The molecule has 3 heteroatoms. The Kier molecular flexibility index (Phi) is 6.70. The van der Waals surface area contributed by atoms with Crippen molar-refractivity contribution in [3.8, 4) is 12.3 Å². The van der Waals surface area contributed by atoms with Crippen LogP contribution in [0.3, 0.4) is 0 Å². The van der Waals surface area contributed by atoms with Gasteiger partial charge in [0.15, 0.2) is 0 Å². The summed E-state index contributed by atoms with van der Waals surface area (Å²) in [5.41, 5.74) is 6.10. The Morgan fingerprint density at radius 2 is 2.17 bits per heavy atom. The van der Waals surface area contributed by atoms with Gasteiger partial charge in [-0.05, 0) is 45.3 Å².